The van der Waals surface area contributed by atoms with Crippen molar-refractivity contribution in [3.8, 4) is 0 Å². The molecule has 0 radical (unpaired) electrons. The van der Waals surface area contributed by atoms with E-state index in [2.05, 4.69) is 0 Å². The molecular formula is C22H32O3. The Hall–Kier alpha value is -0.570. The molecule has 0 atom stereocenters. The van der Waals surface area contributed by atoms with Crippen LogP contribution in [0.1, 0.15) is 70.6 Å². The molecule has 8 bridgehead atoms. The molecule has 8 aliphatic carbocycles. The predicted octanol–water partition coefficient (Wildman–Crippen LogP) is 4.54. The monoisotopic (exact) mass is 344 g/mol. The number of esters is 1. The van der Waals surface area contributed by atoms with Crippen molar-refractivity contribution in [2.75, 3.05) is 6.79 Å². The summed E-state index contributed by atoms with van der Waals surface area (Å²) in [5, 5.41) is 0. The highest BCUT2D eigenvalue weighted by atomic mass is 16.7. The largest absolute Gasteiger partial charge is 0.438 e. The van der Waals surface area contributed by atoms with Crippen LogP contribution in [0.4, 0.5) is 0 Å². The van der Waals surface area contributed by atoms with Crippen LogP contribution in [0.25, 0.3) is 0 Å². The zero-order chi connectivity index (χ0) is 16.6. The van der Waals surface area contributed by atoms with Crippen molar-refractivity contribution in [3.05, 3.63) is 0 Å². The van der Waals surface area contributed by atoms with E-state index in [0.717, 1.165) is 60.7 Å². The summed E-state index contributed by atoms with van der Waals surface area (Å²) in [5.41, 5.74) is -0.137. The van der Waals surface area contributed by atoms with Crippen LogP contribution in [0.5, 0.6) is 0 Å². The van der Waals surface area contributed by atoms with Gasteiger partial charge in [-0.3, -0.25) is 4.79 Å². The Bertz CT molecular complexity index is 504. The molecule has 0 saturated heterocycles. The van der Waals surface area contributed by atoms with E-state index in [9.17, 15) is 4.79 Å². The molecule has 0 heterocycles. The molecule has 0 N–H and O–H groups in total. The van der Waals surface area contributed by atoms with Crippen LogP contribution in [0.2, 0.25) is 0 Å². The number of rotatable bonds is 4. The highest BCUT2D eigenvalue weighted by Gasteiger charge is 2.55. The van der Waals surface area contributed by atoms with Crippen molar-refractivity contribution in [2.24, 2.45) is 46.8 Å². The van der Waals surface area contributed by atoms with Gasteiger partial charge in [0.05, 0.1) is 11.5 Å². The van der Waals surface area contributed by atoms with Gasteiger partial charge in [-0.25, -0.2) is 0 Å². The molecule has 0 aliphatic heterocycles. The molecule has 0 spiro atoms. The molecule has 8 aliphatic rings. The summed E-state index contributed by atoms with van der Waals surface area (Å²) < 4.78 is 12.0. The van der Waals surface area contributed by atoms with Crippen LogP contribution in [0.15, 0.2) is 0 Å². The predicted molar refractivity (Wildman–Crippen MR) is 93.5 cm³/mol. The van der Waals surface area contributed by atoms with Crippen molar-refractivity contribution < 1.29 is 14.3 Å². The van der Waals surface area contributed by atoms with E-state index in [4.69, 9.17) is 9.47 Å². The molecule has 3 heteroatoms. The second kappa shape index (κ2) is 5.47. The molecule has 8 fully saturated rings. The molecule has 25 heavy (non-hydrogen) atoms. The van der Waals surface area contributed by atoms with Gasteiger partial charge in [-0.05, 0) is 112 Å². The minimum Gasteiger partial charge on any atom is -0.438 e. The Kier molecular flexibility index (Phi) is 3.39. The number of ether oxygens (including phenoxy) is 2. The number of carbonyl (C=O) groups excluding carboxylic acids is 1. The van der Waals surface area contributed by atoms with E-state index in [1.54, 1.807) is 0 Å². The average Bonchev–Trinajstić information content (AvgIpc) is 2.55. The second-order valence-corrected chi connectivity index (χ2v) is 10.8. The van der Waals surface area contributed by atoms with Crippen molar-refractivity contribution >= 4 is 5.97 Å². The Morgan fingerprint density at radius 2 is 1.20 bits per heavy atom. The molecule has 8 saturated carbocycles. The minimum atomic E-state index is -0.137. The van der Waals surface area contributed by atoms with E-state index >= 15 is 0 Å². The van der Waals surface area contributed by atoms with Gasteiger partial charge in [0.1, 0.15) is 0 Å². The van der Waals surface area contributed by atoms with Crippen molar-refractivity contribution in [2.45, 2.75) is 76.7 Å². The summed E-state index contributed by atoms with van der Waals surface area (Å²) in [5.74, 6) is 5.89. The fourth-order valence-electron chi connectivity index (χ4n) is 8.83. The van der Waals surface area contributed by atoms with E-state index in [1.165, 1.54) is 51.4 Å². The molecule has 138 valence electrons. The van der Waals surface area contributed by atoms with Gasteiger partial charge in [0.15, 0.2) is 6.79 Å². The van der Waals surface area contributed by atoms with Crippen molar-refractivity contribution in [1.82, 2.24) is 0 Å². The maximum Gasteiger partial charge on any atom is 0.314 e. The van der Waals surface area contributed by atoms with Crippen LogP contribution in [-0.4, -0.2) is 18.9 Å². The number of hydrogen-bond donors (Lipinski definition) is 0. The van der Waals surface area contributed by atoms with Gasteiger partial charge < -0.3 is 9.47 Å². The number of carbonyl (C=O) groups is 1. The first kappa shape index (κ1) is 15.5. The first-order valence-electron chi connectivity index (χ1n) is 11.0. The van der Waals surface area contributed by atoms with E-state index in [-0.39, 0.29) is 18.2 Å². The quantitative estimate of drug-likeness (QED) is 0.554. The van der Waals surface area contributed by atoms with E-state index in [0.29, 0.717) is 6.10 Å². The Morgan fingerprint density at radius 3 is 1.72 bits per heavy atom. The zero-order valence-corrected chi connectivity index (χ0v) is 15.3. The standard InChI is InChI=1S/C22H32O3/c23-21(22-9-15-2-16(10-22)4-17(3-15)11-22)25-12-24-20-18-5-13-1-14(7-18)8-19(20)6-13/h13-20H,1-12H2. The van der Waals surface area contributed by atoms with Gasteiger partial charge in [-0.2, -0.15) is 0 Å². The van der Waals surface area contributed by atoms with Gasteiger partial charge >= 0.3 is 5.97 Å². The molecule has 0 unspecified atom stereocenters. The lowest BCUT2D eigenvalue weighted by atomic mass is 9.49. The molecular weight excluding hydrogens is 312 g/mol. The van der Waals surface area contributed by atoms with Crippen LogP contribution in [0, 0.1) is 46.8 Å². The Morgan fingerprint density at radius 1 is 0.720 bits per heavy atom. The molecule has 0 aromatic rings. The first-order valence-corrected chi connectivity index (χ1v) is 11.0. The summed E-state index contributed by atoms with van der Waals surface area (Å²) in [4.78, 5) is 12.9. The normalized spacial score (nSPS) is 54.9. The summed E-state index contributed by atoms with van der Waals surface area (Å²) in [6.07, 6.45) is 14.7. The van der Waals surface area contributed by atoms with Crippen molar-refractivity contribution in [1.29, 1.82) is 0 Å². The highest BCUT2D eigenvalue weighted by molar-refractivity contribution is 5.77. The van der Waals surface area contributed by atoms with E-state index in [1.807, 2.05) is 0 Å². The summed E-state index contributed by atoms with van der Waals surface area (Å²) in [7, 11) is 0. The van der Waals surface area contributed by atoms with Gasteiger partial charge in [-0.1, -0.05) is 0 Å². The third-order valence-corrected chi connectivity index (χ3v) is 9.06. The van der Waals surface area contributed by atoms with Gasteiger partial charge in [0.2, 0.25) is 0 Å². The van der Waals surface area contributed by atoms with Gasteiger partial charge in [0.25, 0.3) is 0 Å². The molecule has 8 rings (SSSR count). The summed E-state index contributed by atoms with van der Waals surface area (Å²) in [6.45, 7) is 0.216. The third kappa shape index (κ3) is 2.44. The lowest BCUT2D eigenvalue weighted by Crippen LogP contribution is -2.51. The summed E-state index contributed by atoms with van der Waals surface area (Å²) >= 11 is 0. The molecule has 0 aromatic carbocycles. The average molecular weight is 344 g/mol. The second-order valence-electron chi connectivity index (χ2n) is 10.8. The van der Waals surface area contributed by atoms with Crippen LogP contribution in [0.3, 0.4) is 0 Å². The lowest BCUT2D eigenvalue weighted by molar-refractivity contribution is -0.203. The fourth-order valence-corrected chi connectivity index (χ4v) is 8.83. The topological polar surface area (TPSA) is 35.5 Å². The van der Waals surface area contributed by atoms with Crippen LogP contribution in [-0.2, 0) is 14.3 Å². The van der Waals surface area contributed by atoms with E-state index < -0.39 is 0 Å². The highest BCUT2D eigenvalue weighted by Crippen LogP contribution is 2.60. The van der Waals surface area contributed by atoms with Crippen LogP contribution >= 0.6 is 0 Å². The minimum absolute atomic E-state index is 0.0791. The Balaban J connectivity index is 1.07. The first-order chi connectivity index (χ1) is 12.2. The molecule has 3 nitrogen and oxygen atoms in total. The maximum atomic E-state index is 12.9. The maximum absolute atomic E-state index is 12.9. The van der Waals surface area contributed by atoms with Gasteiger partial charge in [0, 0.05) is 0 Å². The van der Waals surface area contributed by atoms with Crippen molar-refractivity contribution in [3.63, 3.8) is 0 Å². The Labute approximate surface area is 151 Å². The fraction of sp³-hybridized carbons (Fsp3) is 0.955. The summed E-state index contributed by atoms with van der Waals surface area (Å²) in [6, 6.07) is 0. The third-order valence-electron chi connectivity index (χ3n) is 9.06. The molecule has 0 amide bonds. The number of hydrogen-bond acceptors (Lipinski definition) is 3. The smallest absolute Gasteiger partial charge is 0.314 e. The van der Waals surface area contributed by atoms with Crippen LogP contribution < -0.4 is 0 Å². The van der Waals surface area contributed by atoms with Gasteiger partial charge in [-0.15, -0.1) is 0 Å². The lowest BCUT2D eigenvalue weighted by Gasteiger charge is -2.55. The zero-order valence-electron chi connectivity index (χ0n) is 15.3. The molecule has 0 aromatic heterocycles. The SMILES string of the molecule is O=C(OCOC1C2CC3CC(C2)CC1C3)C12CC3CC(CC(C3)C1)C2.